The second-order valence-corrected chi connectivity index (χ2v) is 5.39. The van der Waals surface area contributed by atoms with E-state index in [0.29, 0.717) is 30.4 Å². The molecule has 0 aliphatic carbocycles. The predicted octanol–water partition coefficient (Wildman–Crippen LogP) is 1.56. The molecule has 0 saturated carbocycles. The Morgan fingerprint density at radius 3 is 2.42 bits per heavy atom. The van der Waals surface area contributed by atoms with Crippen molar-refractivity contribution in [3.05, 3.63) is 60.4 Å². The maximum atomic E-state index is 11.9. The first-order valence-electron chi connectivity index (χ1n) is 8.02. The lowest BCUT2D eigenvalue weighted by Gasteiger charge is -2.08. The van der Waals surface area contributed by atoms with Crippen molar-refractivity contribution < 1.29 is 4.79 Å². The van der Waals surface area contributed by atoms with Crippen molar-refractivity contribution in [1.29, 1.82) is 0 Å². The fourth-order valence-electron chi connectivity index (χ4n) is 2.04. The van der Waals surface area contributed by atoms with Crippen LogP contribution in [-0.2, 0) is 0 Å². The van der Waals surface area contributed by atoms with Gasteiger partial charge in [0, 0.05) is 37.4 Å². The number of nitrogens with one attached hydrogen (secondary N) is 3. The number of anilines is 3. The van der Waals surface area contributed by atoms with Crippen LogP contribution in [0.3, 0.4) is 0 Å². The van der Waals surface area contributed by atoms with Gasteiger partial charge in [0.05, 0.1) is 11.9 Å². The number of aryl methyl sites for hydroxylation is 1. The van der Waals surface area contributed by atoms with Gasteiger partial charge in [0.1, 0.15) is 11.5 Å². The van der Waals surface area contributed by atoms with Gasteiger partial charge in [-0.05, 0) is 31.2 Å². The molecule has 3 heterocycles. The fraction of sp³-hybridized carbons (Fsp3) is 0.176. The van der Waals surface area contributed by atoms with Crippen molar-refractivity contribution in [3.8, 4) is 0 Å². The first-order valence-corrected chi connectivity index (χ1v) is 8.02. The van der Waals surface area contributed by atoms with Crippen LogP contribution in [-0.4, -0.2) is 44.1 Å². The molecule has 0 spiro atoms. The predicted molar refractivity (Wildman–Crippen MR) is 97.1 cm³/mol. The molecular weight excluding hydrogens is 332 g/mol. The summed E-state index contributed by atoms with van der Waals surface area (Å²) in [5, 5.41) is 17.2. The lowest BCUT2D eigenvalue weighted by Crippen LogP contribution is -2.29. The highest BCUT2D eigenvalue weighted by molar-refractivity contribution is 5.91. The van der Waals surface area contributed by atoms with E-state index in [1.54, 1.807) is 18.6 Å². The second-order valence-electron chi connectivity index (χ2n) is 5.39. The smallest absolute Gasteiger partial charge is 0.271 e. The summed E-state index contributed by atoms with van der Waals surface area (Å²) in [6.45, 7) is 2.75. The van der Waals surface area contributed by atoms with Crippen molar-refractivity contribution in [2.45, 2.75) is 6.92 Å². The number of carbonyl (C=O) groups is 1. The van der Waals surface area contributed by atoms with E-state index in [1.807, 2.05) is 31.2 Å². The average Bonchev–Trinajstić information content (AvgIpc) is 2.68. The zero-order chi connectivity index (χ0) is 18.2. The van der Waals surface area contributed by atoms with Crippen LogP contribution in [0.5, 0.6) is 0 Å². The van der Waals surface area contributed by atoms with Crippen LogP contribution in [0.15, 0.2) is 49.1 Å². The first-order chi connectivity index (χ1) is 12.7. The summed E-state index contributed by atoms with van der Waals surface area (Å²) in [6.07, 6.45) is 6.41. The lowest BCUT2D eigenvalue weighted by atomic mass is 10.4. The molecule has 3 aromatic rings. The molecule has 26 heavy (non-hydrogen) atoms. The number of carbonyl (C=O) groups excluding carboxylic acids is 1. The van der Waals surface area contributed by atoms with Gasteiger partial charge in [-0.1, -0.05) is 0 Å². The molecule has 0 fully saturated rings. The molecular formula is C17H18N8O. The Balaban J connectivity index is 1.42. The molecule has 0 radical (unpaired) electrons. The zero-order valence-electron chi connectivity index (χ0n) is 14.2. The Hall–Kier alpha value is -3.62. The van der Waals surface area contributed by atoms with Crippen molar-refractivity contribution in [3.63, 3.8) is 0 Å². The molecule has 0 aliphatic rings. The zero-order valence-corrected chi connectivity index (χ0v) is 14.2. The maximum Gasteiger partial charge on any atom is 0.271 e. The summed E-state index contributed by atoms with van der Waals surface area (Å²) in [4.78, 5) is 23.9. The normalized spacial score (nSPS) is 10.2. The number of nitrogens with zero attached hydrogens (tertiary/aromatic N) is 5. The number of hydrogen-bond acceptors (Lipinski definition) is 8. The number of aromatic nitrogens is 5. The molecule has 9 nitrogen and oxygen atoms in total. The van der Waals surface area contributed by atoms with Crippen molar-refractivity contribution in [1.82, 2.24) is 30.5 Å². The second kappa shape index (κ2) is 8.47. The minimum absolute atomic E-state index is 0.262. The summed E-state index contributed by atoms with van der Waals surface area (Å²) < 4.78 is 0. The van der Waals surface area contributed by atoms with E-state index in [2.05, 4.69) is 41.1 Å². The quantitative estimate of drug-likeness (QED) is 0.550. The van der Waals surface area contributed by atoms with Gasteiger partial charge < -0.3 is 16.0 Å². The Kier molecular flexibility index (Phi) is 5.61. The number of hydrogen-bond donors (Lipinski definition) is 3. The number of rotatable bonds is 7. The lowest BCUT2D eigenvalue weighted by molar-refractivity contribution is 0.0950. The van der Waals surface area contributed by atoms with Crippen LogP contribution in [0.2, 0.25) is 0 Å². The highest BCUT2D eigenvalue weighted by atomic mass is 16.1. The monoisotopic (exact) mass is 350 g/mol. The van der Waals surface area contributed by atoms with Crippen LogP contribution in [0, 0.1) is 6.92 Å². The minimum atomic E-state index is -0.262. The third-order valence-electron chi connectivity index (χ3n) is 3.35. The summed E-state index contributed by atoms with van der Waals surface area (Å²) in [6, 6.07) is 7.31. The molecule has 0 aromatic carbocycles. The molecule has 3 N–H and O–H groups in total. The van der Waals surface area contributed by atoms with E-state index in [9.17, 15) is 4.79 Å². The molecule has 9 heteroatoms. The van der Waals surface area contributed by atoms with Gasteiger partial charge in [0.2, 0.25) is 0 Å². The molecule has 3 rings (SSSR count). The average molecular weight is 350 g/mol. The van der Waals surface area contributed by atoms with E-state index in [1.165, 1.54) is 6.20 Å². The molecule has 3 aromatic heterocycles. The van der Waals surface area contributed by atoms with Crippen LogP contribution >= 0.6 is 0 Å². The van der Waals surface area contributed by atoms with Crippen LogP contribution in [0.4, 0.5) is 17.3 Å². The molecule has 1 amide bonds. The molecule has 0 atom stereocenters. The highest BCUT2D eigenvalue weighted by Gasteiger charge is 2.06. The molecule has 0 saturated heterocycles. The summed E-state index contributed by atoms with van der Waals surface area (Å²) in [5.41, 5.74) is 1.95. The maximum absolute atomic E-state index is 11.9. The van der Waals surface area contributed by atoms with E-state index >= 15 is 0 Å². The third kappa shape index (κ3) is 4.94. The first kappa shape index (κ1) is 17.2. The minimum Gasteiger partial charge on any atom is -0.367 e. The highest BCUT2D eigenvalue weighted by Crippen LogP contribution is 2.13. The van der Waals surface area contributed by atoms with Crippen LogP contribution in [0.25, 0.3) is 0 Å². The van der Waals surface area contributed by atoms with Crippen LogP contribution in [0.1, 0.15) is 16.2 Å². The standard InChI is InChI=1S/C17H18N8O/c1-12-10-22-14(11-21-12)17(26)20-9-8-19-15-2-3-16(25-24-15)23-13-4-6-18-7-5-13/h2-7,10-11H,8-9H2,1H3,(H,19,24)(H,20,26)(H,18,23,25). The SMILES string of the molecule is Cc1cnc(C(=O)NCCNc2ccc(Nc3ccncc3)nn2)cn1. The number of amides is 1. The molecule has 0 bridgehead atoms. The Morgan fingerprint density at radius 1 is 0.962 bits per heavy atom. The van der Waals surface area contributed by atoms with Gasteiger partial charge >= 0.3 is 0 Å². The van der Waals surface area contributed by atoms with E-state index < -0.39 is 0 Å². The van der Waals surface area contributed by atoms with Gasteiger partial charge in [0.15, 0.2) is 5.82 Å². The summed E-state index contributed by atoms with van der Waals surface area (Å²) in [7, 11) is 0. The van der Waals surface area contributed by atoms with Crippen molar-refractivity contribution in [2.24, 2.45) is 0 Å². The topological polar surface area (TPSA) is 118 Å². The van der Waals surface area contributed by atoms with Gasteiger partial charge in [-0.15, -0.1) is 10.2 Å². The third-order valence-corrected chi connectivity index (χ3v) is 3.35. The van der Waals surface area contributed by atoms with Gasteiger partial charge in [-0.2, -0.15) is 0 Å². The molecule has 132 valence electrons. The van der Waals surface area contributed by atoms with Crippen molar-refractivity contribution >= 4 is 23.2 Å². The van der Waals surface area contributed by atoms with E-state index in [-0.39, 0.29) is 5.91 Å². The van der Waals surface area contributed by atoms with Gasteiger partial charge in [0.25, 0.3) is 5.91 Å². The summed E-state index contributed by atoms with van der Waals surface area (Å²) >= 11 is 0. The van der Waals surface area contributed by atoms with Crippen molar-refractivity contribution in [2.75, 3.05) is 23.7 Å². The molecule has 0 unspecified atom stereocenters. The van der Waals surface area contributed by atoms with Gasteiger partial charge in [-0.25, -0.2) is 4.98 Å². The number of pyridine rings is 1. The Bertz CT molecular complexity index is 837. The largest absolute Gasteiger partial charge is 0.367 e. The van der Waals surface area contributed by atoms with E-state index in [0.717, 1.165) is 11.4 Å². The van der Waals surface area contributed by atoms with Gasteiger partial charge in [-0.3, -0.25) is 14.8 Å². The van der Waals surface area contributed by atoms with Crippen LogP contribution < -0.4 is 16.0 Å². The Labute approximate surface area is 150 Å². The fourth-order valence-corrected chi connectivity index (χ4v) is 2.04. The van der Waals surface area contributed by atoms with E-state index in [4.69, 9.17) is 0 Å². The summed E-state index contributed by atoms with van der Waals surface area (Å²) in [5.74, 6) is 0.991. The molecule has 0 aliphatic heterocycles. The Morgan fingerprint density at radius 2 is 1.73 bits per heavy atom.